The van der Waals surface area contributed by atoms with Crippen LogP contribution in [-0.4, -0.2) is 20.1 Å². The number of hydrogen-bond donors (Lipinski definition) is 2. The Morgan fingerprint density at radius 1 is 0.800 bits per heavy atom. The molecule has 0 bridgehead atoms. The molecule has 0 aromatic heterocycles. The topological polar surface area (TPSA) is 92.3 Å². The smallest absolute Gasteiger partial charge is 0.255 e. The van der Waals surface area contributed by atoms with Crippen molar-refractivity contribution in [1.82, 2.24) is 4.72 Å². The van der Waals surface area contributed by atoms with Crippen LogP contribution in [0.2, 0.25) is 0 Å². The number of benzene rings is 4. The van der Waals surface area contributed by atoms with E-state index in [0.29, 0.717) is 11.1 Å². The SMILES string of the molecule is CC(=O)c1ccc(S(=O)(=O)NCc2ccc(C(=O)Nc3ccc4c5c(cccc35)CC4)cc2)cc1. The summed E-state index contributed by atoms with van der Waals surface area (Å²) in [6, 6.07) is 22.8. The van der Waals surface area contributed by atoms with E-state index in [1.165, 1.54) is 47.7 Å². The molecule has 0 saturated carbocycles. The van der Waals surface area contributed by atoms with Crippen molar-refractivity contribution in [2.24, 2.45) is 0 Å². The van der Waals surface area contributed by atoms with E-state index in [0.717, 1.165) is 29.5 Å². The van der Waals surface area contributed by atoms with Crippen LogP contribution in [0.5, 0.6) is 0 Å². The van der Waals surface area contributed by atoms with Gasteiger partial charge in [-0.3, -0.25) is 9.59 Å². The zero-order chi connectivity index (χ0) is 24.6. The van der Waals surface area contributed by atoms with Crippen molar-refractivity contribution >= 4 is 38.2 Å². The summed E-state index contributed by atoms with van der Waals surface area (Å²) >= 11 is 0. The maximum atomic E-state index is 12.9. The Morgan fingerprint density at radius 2 is 1.46 bits per heavy atom. The summed E-state index contributed by atoms with van der Waals surface area (Å²) in [5, 5.41) is 5.31. The lowest BCUT2D eigenvalue weighted by molar-refractivity contribution is 0.101. The highest BCUT2D eigenvalue weighted by Crippen LogP contribution is 2.35. The number of hydrogen-bond acceptors (Lipinski definition) is 4. The van der Waals surface area contributed by atoms with E-state index in [9.17, 15) is 18.0 Å². The molecule has 0 aliphatic heterocycles. The molecular formula is C28H24N2O4S. The number of nitrogens with one attached hydrogen (secondary N) is 2. The predicted octanol–water partition coefficient (Wildman–Crippen LogP) is 4.87. The first kappa shape index (κ1) is 23.0. The first-order valence-corrected chi connectivity index (χ1v) is 12.8. The molecule has 0 fully saturated rings. The van der Waals surface area contributed by atoms with Gasteiger partial charge in [0.1, 0.15) is 0 Å². The van der Waals surface area contributed by atoms with Crippen molar-refractivity contribution in [3.8, 4) is 0 Å². The van der Waals surface area contributed by atoms with Crippen molar-refractivity contribution in [2.75, 3.05) is 5.32 Å². The third-order valence-electron chi connectivity index (χ3n) is 6.38. The Hall–Kier alpha value is -3.81. The summed E-state index contributed by atoms with van der Waals surface area (Å²) in [6.45, 7) is 1.51. The summed E-state index contributed by atoms with van der Waals surface area (Å²) in [7, 11) is -3.73. The number of sulfonamides is 1. The minimum absolute atomic E-state index is 0.0770. The van der Waals surface area contributed by atoms with E-state index in [1.54, 1.807) is 24.3 Å². The molecule has 1 aliphatic carbocycles. The van der Waals surface area contributed by atoms with Crippen molar-refractivity contribution in [3.63, 3.8) is 0 Å². The Morgan fingerprint density at radius 3 is 2.14 bits per heavy atom. The van der Waals surface area contributed by atoms with E-state index < -0.39 is 10.0 Å². The number of rotatable bonds is 7. The van der Waals surface area contributed by atoms with Gasteiger partial charge in [0, 0.05) is 28.7 Å². The van der Waals surface area contributed by atoms with Gasteiger partial charge in [-0.05, 0) is 72.2 Å². The van der Waals surface area contributed by atoms with E-state index in [2.05, 4.69) is 22.2 Å². The number of anilines is 1. The van der Waals surface area contributed by atoms with Crippen LogP contribution in [0.15, 0.2) is 83.8 Å². The molecule has 7 heteroatoms. The molecule has 1 aliphatic rings. The molecule has 4 aromatic carbocycles. The normalized spacial score (nSPS) is 12.6. The van der Waals surface area contributed by atoms with Gasteiger partial charge in [-0.25, -0.2) is 13.1 Å². The Balaban J connectivity index is 1.26. The third kappa shape index (κ3) is 4.60. The van der Waals surface area contributed by atoms with E-state index in [4.69, 9.17) is 0 Å². The van der Waals surface area contributed by atoms with Crippen molar-refractivity contribution < 1.29 is 18.0 Å². The highest BCUT2D eigenvalue weighted by molar-refractivity contribution is 7.89. The minimum Gasteiger partial charge on any atom is -0.321 e. The van der Waals surface area contributed by atoms with Crippen molar-refractivity contribution in [1.29, 1.82) is 0 Å². The molecule has 4 aromatic rings. The Kier molecular flexibility index (Phi) is 5.96. The van der Waals surface area contributed by atoms with Gasteiger partial charge in [0.15, 0.2) is 5.78 Å². The number of Topliss-reactive ketones (excluding diaryl/α,β-unsaturated/α-hetero) is 1. The lowest BCUT2D eigenvalue weighted by atomic mass is 10.0. The van der Waals surface area contributed by atoms with Crippen LogP contribution in [0.3, 0.4) is 0 Å². The number of amides is 1. The van der Waals surface area contributed by atoms with Gasteiger partial charge in [0.2, 0.25) is 10.0 Å². The molecule has 0 spiro atoms. The van der Waals surface area contributed by atoms with Gasteiger partial charge < -0.3 is 5.32 Å². The van der Waals surface area contributed by atoms with Crippen molar-refractivity contribution in [3.05, 3.63) is 107 Å². The maximum Gasteiger partial charge on any atom is 0.255 e. The van der Waals surface area contributed by atoms with Gasteiger partial charge in [0.05, 0.1) is 4.90 Å². The number of carbonyl (C=O) groups excluding carboxylic acids is 2. The fourth-order valence-electron chi connectivity index (χ4n) is 4.45. The summed E-state index contributed by atoms with van der Waals surface area (Å²) in [6.07, 6.45) is 2.05. The summed E-state index contributed by atoms with van der Waals surface area (Å²) in [4.78, 5) is 24.4. The molecule has 6 nitrogen and oxygen atoms in total. The van der Waals surface area contributed by atoms with Crippen LogP contribution >= 0.6 is 0 Å². The van der Waals surface area contributed by atoms with E-state index in [-0.39, 0.29) is 23.1 Å². The van der Waals surface area contributed by atoms with Gasteiger partial charge in [0.25, 0.3) is 5.91 Å². The van der Waals surface area contributed by atoms with Gasteiger partial charge in [-0.1, -0.05) is 48.5 Å². The fourth-order valence-corrected chi connectivity index (χ4v) is 5.47. The third-order valence-corrected chi connectivity index (χ3v) is 7.80. The molecule has 176 valence electrons. The first-order valence-electron chi connectivity index (χ1n) is 11.4. The predicted molar refractivity (Wildman–Crippen MR) is 136 cm³/mol. The minimum atomic E-state index is -3.73. The molecule has 0 saturated heterocycles. The monoisotopic (exact) mass is 484 g/mol. The average Bonchev–Trinajstić information content (AvgIpc) is 3.29. The first-order chi connectivity index (χ1) is 16.8. The summed E-state index contributed by atoms with van der Waals surface area (Å²) in [5.41, 5.74) is 5.07. The zero-order valence-corrected chi connectivity index (χ0v) is 20.0. The molecular weight excluding hydrogens is 460 g/mol. The standard InChI is InChI=1S/C28H24N2O4S/c1-18(31)20-11-14-24(15-12-20)35(33,34)29-17-19-5-7-23(8-6-19)28(32)30-26-16-13-22-10-9-21-3-2-4-25(26)27(21)22/h2-8,11-16,29H,9-10,17H2,1H3,(H,30,32). The number of carbonyl (C=O) groups is 2. The maximum absolute atomic E-state index is 12.9. The lowest BCUT2D eigenvalue weighted by Gasteiger charge is -2.11. The van der Waals surface area contributed by atoms with Gasteiger partial charge in [-0.15, -0.1) is 0 Å². The van der Waals surface area contributed by atoms with Crippen LogP contribution in [0.4, 0.5) is 5.69 Å². The molecule has 0 heterocycles. The van der Waals surface area contributed by atoms with Gasteiger partial charge in [-0.2, -0.15) is 0 Å². The van der Waals surface area contributed by atoms with Crippen LogP contribution < -0.4 is 10.0 Å². The average molecular weight is 485 g/mol. The Labute approximate surface area is 204 Å². The second kappa shape index (κ2) is 9.09. The zero-order valence-electron chi connectivity index (χ0n) is 19.2. The van der Waals surface area contributed by atoms with E-state index in [1.807, 2.05) is 18.2 Å². The lowest BCUT2D eigenvalue weighted by Crippen LogP contribution is -2.23. The van der Waals surface area contributed by atoms with Crippen LogP contribution in [0.25, 0.3) is 10.8 Å². The summed E-state index contributed by atoms with van der Waals surface area (Å²) < 4.78 is 27.7. The highest BCUT2D eigenvalue weighted by atomic mass is 32.2. The molecule has 5 rings (SSSR count). The molecule has 0 atom stereocenters. The molecule has 1 amide bonds. The highest BCUT2D eigenvalue weighted by Gasteiger charge is 2.18. The van der Waals surface area contributed by atoms with E-state index >= 15 is 0 Å². The fraction of sp³-hybridized carbons (Fsp3) is 0.143. The second-order valence-electron chi connectivity index (χ2n) is 8.67. The largest absolute Gasteiger partial charge is 0.321 e. The summed E-state index contributed by atoms with van der Waals surface area (Å²) in [5.74, 6) is -0.346. The van der Waals surface area contributed by atoms with Crippen LogP contribution in [-0.2, 0) is 29.4 Å². The molecule has 35 heavy (non-hydrogen) atoms. The quantitative estimate of drug-likeness (QED) is 0.366. The van der Waals surface area contributed by atoms with Crippen LogP contribution in [0.1, 0.15) is 44.3 Å². The second-order valence-corrected chi connectivity index (χ2v) is 10.4. The van der Waals surface area contributed by atoms with Gasteiger partial charge >= 0.3 is 0 Å². The number of aryl methyl sites for hydroxylation is 2. The molecule has 0 unspecified atom stereocenters. The molecule has 0 radical (unpaired) electrons. The Bertz CT molecular complexity index is 1550. The van der Waals surface area contributed by atoms with Crippen LogP contribution in [0, 0.1) is 0 Å². The molecule has 2 N–H and O–H groups in total. The number of ketones is 1. The van der Waals surface area contributed by atoms with Crippen molar-refractivity contribution in [2.45, 2.75) is 31.2 Å².